The molecule has 3 aromatic heterocycles. The second-order valence-corrected chi connectivity index (χ2v) is 5.75. The van der Waals surface area contributed by atoms with E-state index in [0.29, 0.717) is 11.6 Å². The molecule has 0 radical (unpaired) electrons. The van der Waals surface area contributed by atoms with E-state index in [1.807, 2.05) is 31.2 Å². The van der Waals surface area contributed by atoms with Crippen molar-refractivity contribution >= 4 is 16.8 Å². The monoisotopic (exact) mass is 310 g/mol. The fourth-order valence-electron chi connectivity index (χ4n) is 2.84. The Balaban J connectivity index is 1.78. The van der Waals surface area contributed by atoms with Crippen LogP contribution in [0.2, 0.25) is 0 Å². The molecule has 3 aromatic rings. The molecule has 4 heterocycles. The number of fused-ring (bicyclic) bond motifs is 1. The summed E-state index contributed by atoms with van der Waals surface area (Å²) >= 11 is 0. The molecule has 1 N–H and O–H groups in total. The summed E-state index contributed by atoms with van der Waals surface area (Å²) < 4.78 is 10.9. The number of aromatic nitrogens is 3. The Bertz CT molecular complexity index is 810. The third-order valence-electron chi connectivity index (χ3n) is 4.10. The highest BCUT2D eigenvalue weighted by molar-refractivity contribution is 5.90. The minimum Gasteiger partial charge on any atom is -0.381 e. The largest absolute Gasteiger partial charge is 0.381 e. The molecule has 0 amide bonds. The third kappa shape index (κ3) is 2.77. The van der Waals surface area contributed by atoms with Crippen molar-refractivity contribution in [3.05, 3.63) is 36.2 Å². The van der Waals surface area contributed by atoms with Crippen molar-refractivity contribution in [1.29, 1.82) is 0 Å². The van der Waals surface area contributed by atoms with Crippen LogP contribution in [0.5, 0.6) is 0 Å². The van der Waals surface area contributed by atoms with Gasteiger partial charge in [-0.3, -0.25) is 4.98 Å². The van der Waals surface area contributed by atoms with E-state index in [2.05, 4.69) is 20.4 Å². The zero-order valence-corrected chi connectivity index (χ0v) is 13.0. The van der Waals surface area contributed by atoms with Crippen LogP contribution in [-0.2, 0) is 4.74 Å². The van der Waals surface area contributed by atoms with Crippen LogP contribution in [0.25, 0.3) is 22.5 Å². The van der Waals surface area contributed by atoms with Gasteiger partial charge in [-0.1, -0.05) is 11.2 Å². The lowest BCUT2D eigenvalue weighted by atomic mass is 10.1. The Labute approximate surface area is 133 Å². The molecule has 0 unspecified atom stereocenters. The summed E-state index contributed by atoms with van der Waals surface area (Å²) in [6.07, 6.45) is 3.74. The van der Waals surface area contributed by atoms with Gasteiger partial charge in [-0.2, -0.15) is 0 Å². The molecule has 1 aliphatic heterocycles. The molecular weight excluding hydrogens is 292 g/mol. The lowest BCUT2D eigenvalue weighted by molar-refractivity contribution is 0.0904. The van der Waals surface area contributed by atoms with E-state index >= 15 is 0 Å². The van der Waals surface area contributed by atoms with Crippen molar-refractivity contribution in [3.63, 3.8) is 0 Å². The van der Waals surface area contributed by atoms with Crippen molar-refractivity contribution in [2.45, 2.75) is 25.8 Å². The zero-order chi connectivity index (χ0) is 15.6. The Kier molecular flexibility index (Phi) is 3.67. The molecule has 0 aliphatic carbocycles. The number of anilines is 1. The van der Waals surface area contributed by atoms with Gasteiger partial charge in [0.05, 0.1) is 17.1 Å². The minimum atomic E-state index is 0.372. The first-order chi connectivity index (χ1) is 11.3. The van der Waals surface area contributed by atoms with Gasteiger partial charge in [0.15, 0.2) is 0 Å². The molecular formula is C17H18N4O2. The average molecular weight is 310 g/mol. The summed E-state index contributed by atoms with van der Waals surface area (Å²) in [5, 5.41) is 7.63. The second-order valence-electron chi connectivity index (χ2n) is 5.75. The average Bonchev–Trinajstić information content (AvgIpc) is 2.98. The van der Waals surface area contributed by atoms with Crippen molar-refractivity contribution in [2.24, 2.45) is 0 Å². The summed E-state index contributed by atoms with van der Waals surface area (Å²) in [5.41, 5.74) is 4.84. The van der Waals surface area contributed by atoms with Crippen LogP contribution in [0.15, 0.2) is 35.0 Å². The second kappa shape index (κ2) is 5.96. The van der Waals surface area contributed by atoms with Crippen LogP contribution in [0.3, 0.4) is 0 Å². The quantitative estimate of drug-likeness (QED) is 0.801. The van der Waals surface area contributed by atoms with Gasteiger partial charge in [0.25, 0.3) is 0 Å². The summed E-state index contributed by atoms with van der Waals surface area (Å²) in [5.74, 6) is 0. The molecule has 0 saturated carbocycles. The van der Waals surface area contributed by atoms with Crippen LogP contribution in [0, 0.1) is 6.92 Å². The van der Waals surface area contributed by atoms with Crippen LogP contribution < -0.4 is 5.32 Å². The summed E-state index contributed by atoms with van der Waals surface area (Å²) in [7, 11) is 0. The molecule has 0 aromatic carbocycles. The van der Waals surface area contributed by atoms with Gasteiger partial charge in [-0.25, -0.2) is 4.98 Å². The van der Waals surface area contributed by atoms with Crippen molar-refractivity contribution in [1.82, 2.24) is 15.1 Å². The van der Waals surface area contributed by atoms with Gasteiger partial charge in [0, 0.05) is 25.5 Å². The first-order valence-corrected chi connectivity index (χ1v) is 7.84. The highest BCUT2D eigenvalue weighted by atomic mass is 16.5. The van der Waals surface area contributed by atoms with Crippen LogP contribution in [0.4, 0.5) is 5.69 Å². The zero-order valence-electron chi connectivity index (χ0n) is 13.0. The fraction of sp³-hybridized carbons (Fsp3) is 0.353. The number of ether oxygens (including phenoxy) is 1. The Hall–Kier alpha value is -2.47. The first-order valence-electron chi connectivity index (χ1n) is 7.84. The number of hydrogen-bond acceptors (Lipinski definition) is 6. The minimum absolute atomic E-state index is 0.372. The number of nitrogens with zero attached hydrogens (tertiary/aromatic N) is 3. The van der Waals surface area contributed by atoms with Gasteiger partial charge in [0.2, 0.25) is 5.58 Å². The molecule has 0 atom stereocenters. The van der Waals surface area contributed by atoms with Crippen molar-refractivity contribution in [2.75, 3.05) is 18.5 Å². The smallest absolute Gasteiger partial charge is 0.208 e. The van der Waals surface area contributed by atoms with E-state index in [-0.39, 0.29) is 0 Å². The van der Waals surface area contributed by atoms with Gasteiger partial charge >= 0.3 is 0 Å². The number of hydrogen-bond donors (Lipinski definition) is 1. The topological polar surface area (TPSA) is 73.1 Å². The Morgan fingerprint density at radius 1 is 1.17 bits per heavy atom. The Morgan fingerprint density at radius 3 is 2.83 bits per heavy atom. The van der Waals surface area contributed by atoms with Gasteiger partial charge in [0.1, 0.15) is 11.2 Å². The predicted molar refractivity (Wildman–Crippen MR) is 87.2 cm³/mol. The lowest BCUT2D eigenvalue weighted by Crippen LogP contribution is -2.27. The maximum Gasteiger partial charge on any atom is 0.208 e. The summed E-state index contributed by atoms with van der Waals surface area (Å²) in [4.78, 5) is 9.07. The first kappa shape index (κ1) is 14.1. The van der Waals surface area contributed by atoms with Crippen LogP contribution in [0.1, 0.15) is 18.5 Å². The highest BCUT2D eigenvalue weighted by Crippen LogP contribution is 2.30. The van der Waals surface area contributed by atoms with E-state index < -0.39 is 0 Å². The molecule has 1 saturated heterocycles. The van der Waals surface area contributed by atoms with Crippen molar-refractivity contribution < 1.29 is 9.26 Å². The Morgan fingerprint density at radius 2 is 2.04 bits per heavy atom. The van der Waals surface area contributed by atoms with E-state index in [4.69, 9.17) is 9.26 Å². The standard InChI is InChI=1S/C17H18N4O2/c1-11-16-17(23-21-11)15(19-12-5-8-22-9-6-12)10-14(20-16)13-4-2-3-7-18-13/h2-4,7,10,12H,5-6,8-9H2,1H3,(H,19,20). The van der Waals surface area contributed by atoms with E-state index in [1.54, 1.807) is 6.20 Å². The van der Waals surface area contributed by atoms with Crippen molar-refractivity contribution in [3.8, 4) is 11.4 Å². The molecule has 0 bridgehead atoms. The molecule has 0 spiro atoms. The fourth-order valence-corrected chi connectivity index (χ4v) is 2.84. The lowest BCUT2D eigenvalue weighted by Gasteiger charge is -2.24. The molecule has 118 valence electrons. The molecule has 4 rings (SSSR count). The number of rotatable bonds is 3. The maximum atomic E-state index is 5.49. The van der Waals surface area contributed by atoms with Gasteiger partial charge in [-0.15, -0.1) is 0 Å². The van der Waals surface area contributed by atoms with Crippen LogP contribution in [-0.4, -0.2) is 34.4 Å². The van der Waals surface area contributed by atoms with Crippen LogP contribution >= 0.6 is 0 Å². The highest BCUT2D eigenvalue weighted by Gasteiger charge is 2.19. The number of aryl methyl sites for hydroxylation is 1. The normalized spacial score (nSPS) is 15.9. The van der Waals surface area contributed by atoms with Gasteiger partial charge < -0.3 is 14.6 Å². The molecule has 23 heavy (non-hydrogen) atoms. The maximum absolute atomic E-state index is 5.49. The third-order valence-corrected chi connectivity index (χ3v) is 4.10. The van der Waals surface area contributed by atoms with E-state index in [1.165, 1.54) is 0 Å². The number of pyridine rings is 2. The molecule has 6 heteroatoms. The SMILES string of the molecule is Cc1noc2c(NC3CCOCC3)cc(-c3ccccn3)nc12. The molecule has 6 nitrogen and oxygen atoms in total. The van der Waals surface area contributed by atoms with E-state index in [9.17, 15) is 0 Å². The summed E-state index contributed by atoms with van der Waals surface area (Å²) in [6, 6.07) is 8.17. The molecule has 1 aliphatic rings. The van der Waals surface area contributed by atoms with E-state index in [0.717, 1.165) is 54.3 Å². The molecule has 1 fully saturated rings. The predicted octanol–water partition coefficient (Wildman–Crippen LogP) is 3.18. The van der Waals surface area contributed by atoms with Gasteiger partial charge in [-0.05, 0) is 38.0 Å². The number of nitrogens with one attached hydrogen (secondary N) is 1. The summed E-state index contributed by atoms with van der Waals surface area (Å²) in [6.45, 7) is 3.47.